The smallest absolute Gasteiger partial charge is 0.337 e. The molecule has 2 aliphatic rings. The average Bonchev–Trinajstić information content (AvgIpc) is 3.07. The maximum absolute atomic E-state index is 12.9. The van der Waals surface area contributed by atoms with Gasteiger partial charge in [-0.25, -0.2) is 4.79 Å². The van der Waals surface area contributed by atoms with E-state index in [1.807, 2.05) is 0 Å². The van der Waals surface area contributed by atoms with Crippen molar-refractivity contribution in [2.24, 2.45) is 0 Å². The molecule has 0 bridgehead atoms. The van der Waals surface area contributed by atoms with Crippen LogP contribution in [0, 0.1) is 0 Å². The monoisotopic (exact) mass is 408 g/mol. The van der Waals surface area contributed by atoms with Gasteiger partial charge in [-0.3, -0.25) is 4.79 Å². The Morgan fingerprint density at radius 3 is 2.70 bits per heavy atom. The molecule has 2 aromatic carbocycles. The van der Waals surface area contributed by atoms with Crippen molar-refractivity contribution in [1.29, 1.82) is 0 Å². The normalized spacial score (nSPS) is 21.9. The molecular formula is C24H26NO5+. The van der Waals surface area contributed by atoms with E-state index >= 15 is 0 Å². The molecule has 6 nitrogen and oxygen atoms in total. The number of Topliss-reactive ketones (excluding diaryl/α,β-unsaturated/α-hetero) is 1. The van der Waals surface area contributed by atoms with Crippen molar-refractivity contribution in [2.75, 3.05) is 13.7 Å². The fourth-order valence-electron chi connectivity index (χ4n) is 4.20. The highest BCUT2D eigenvalue weighted by Crippen LogP contribution is 2.39. The van der Waals surface area contributed by atoms with Gasteiger partial charge in [-0.1, -0.05) is 12.1 Å². The van der Waals surface area contributed by atoms with Crippen LogP contribution in [0.5, 0.6) is 11.5 Å². The lowest BCUT2D eigenvalue weighted by atomic mass is 10.0. The third kappa shape index (κ3) is 3.83. The molecule has 0 aliphatic carbocycles. The summed E-state index contributed by atoms with van der Waals surface area (Å²) in [6.45, 7) is 3.90. The summed E-state index contributed by atoms with van der Waals surface area (Å²) in [7, 11) is 1.33. The molecule has 0 saturated carbocycles. The lowest BCUT2D eigenvalue weighted by Crippen LogP contribution is -3.14. The van der Waals surface area contributed by atoms with Gasteiger partial charge in [-0.05, 0) is 62.1 Å². The Bertz CT molecular complexity index is 1010. The molecule has 2 heterocycles. The first kappa shape index (κ1) is 20.2. The van der Waals surface area contributed by atoms with Crippen LogP contribution in [0.1, 0.15) is 58.0 Å². The lowest BCUT2D eigenvalue weighted by molar-refractivity contribution is -0.941. The predicted octanol–water partition coefficient (Wildman–Crippen LogP) is 2.75. The number of likely N-dealkylation sites (tertiary alicyclic amines) is 1. The first-order valence-corrected chi connectivity index (χ1v) is 10.3. The molecule has 6 heteroatoms. The zero-order valence-corrected chi connectivity index (χ0v) is 17.2. The van der Waals surface area contributed by atoms with Crippen LogP contribution in [0.15, 0.2) is 42.2 Å². The van der Waals surface area contributed by atoms with E-state index in [-0.39, 0.29) is 17.3 Å². The summed E-state index contributed by atoms with van der Waals surface area (Å²) >= 11 is 0. The van der Waals surface area contributed by atoms with E-state index < -0.39 is 5.97 Å². The molecule has 2 atom stereocenters. The highest BCUT2D eigenvalue weighted by Gasteiger charge is 2.33. The third-order valence-electron chi connectivity index (χ3n) is 6.03. The van der Waals surface area contributed by atoms with Crippen LogP contribution in [-0.2, 0) is 11.3 Å². The Hall–Kier alpha value is -3.12. The first-order chi connectivity index (χ1) is 14.5. The summed E-state index contributed by atoms with van der Waals surface area (Å²) < 4.78 is 10.7. The minimum absolute atomic E-state index is 0.163. The molecule has 4 rings (SSSR count). The summed E-state index contributed by atoms with van der Waals surface area (Å²) in [6.07, 6.45) is 5.22. The van der Waals surface area contributed by atoms with Gasteiger partial charge in [0.15, 0.2) is 11.5 Å². The van der Waals surface area contributed by atoms with Crippen molar-refractivity contribution < 1.29 is 29.1 Å². The van der Waals surface area contributed by atoms with Crippen LogP contribution < -0.4 is 9.64 Å². The van der Waals surface area contributed by atoms with Gasteiger partial charge in [0, 0.05) is 0 Å². The van der Waals surface area contributed by atoms with Crippen LogP contribution in [0.3, 0.4) is 0 Å². The minimum atomic E-state index is -0.413. The van der Waals surface area contributed by atoms with Crippen molar-refractivity contribution >= 4 is 17.8 Å². The lowest BCUT2D eigenvalue weighted by Gasteiger charge is -2.30. The molecular weight excluding hydrogens is 382 g/mol. The number of ketones is 1. The number of ether oxygens (including phenoxy) is 2. The van der Waals surface area contributed by atoms with E-state index in [0.717, 1.165) is 18.5 Å². The number of phenolic OH excluding ortho intramolecular Hbond substituents is 1. The van der Waals surface area contributed by atoms with E-state index in [1.54, 1.807) is 42.5 Å². The van der Waals surface area contributed by atoms with Crippen LogP contribution in [0.2, 0.25) is 0 Å². The van der Waals surface area contributed by atoms with E-state index in [0.29, 0.717) is 35.0 Å². The molecule has 2 N–H and O–H groups in total. The number of nitrogens with one attached hydrogen (secondary N) is 1. The number of carbonyl (C=O) groups is 2. The third-order valence-corrected chi connectivity index (χ3v) is 6.03. The molecule has 0 amide bonds. The fourth-order valence-corrected chi connectivity index (χ4v) is 4.20. The van der Waals surface area contributed by atoms with Crippen molar-refractivity contribution in [3.05, 3.63) is 64.4 Å². The number of hydrogen-bond acceptors (Lipinski definition) is 5. The summed E-state index contributed by atoms with van der Waals surface area (Å²) in [6, 6.07) is 10.5. The molecule has 0 radical (unpaired) electrons. The molecule has 1 unspecified atom stereocenters. The number of carbonyl (C=O) groups excluding carboxylic acids is 2. The quantitative estimate of drug-likeness (QED) is 0.601. The molecule has 0 spiro atoms. The zero-order valence-electron chi connectivity index (χ0n) is 17.2. The largest absolute Gasteiger partial charge is 0.507 e. The maximum atomic E-state index is 12.9. The highest BCUT2D eigenvalue weighted by molar-refractivity contribution is 6.15. The van der Waals surface area contributed by atoms with E-state index in [4.69, 9.17) is 9.47 Å². The van der Waals surface area contributed by atoms with Crippen LogP contribution in [0.4, 0.5) is 0 Å². The van der Waals surface area contributed by atoms with Crippen molar-refractivity contribution in [3.8, 4) is 11.5 Å². The molecule has 1 fully saturated rings. The number of fused-ring (bicyclic) bond motifs is 1. The van der Waals surface area contributed by atoms with Gasteiger partial charge in [0.1, 0.15) is 12.3 Å². The predicted molar refractivity (Wildman–Crippen MR) is 112 cm³/mol. The van der Waals surface area contributed by atoms with E-state index in [9.17, 15) is 14.7 Å². The molecule has 0 aromatic heterocycles. The zero-order chi connectivity index (χ0) is 21.3. The summed E-state index contributed by atoms with van der Waals surface area (Å²) in [4.78, 5) is 25.9. The van der Waals surface area contributed by atoms with E-state index in [1.165, 1.54) is 24.9 Å². The molecule has 1 saturated heterocycles. The van der Waals surface area contributed by atoms with Crippen LogP contribution >= 0.6 is 0 Å². The van der Waals surface area contributed by atoms with Crippen molar-refractivity contribution in [2.45, 2.75) is 38.8 Å². The summed E-state index contributed by atoms with van der Waals surface area (Å²) in [5.74, 6) is 0.219. The van der Waals surface area contributed by atoms with Gasteiger partial charge < -0.3 is 19.5 Å². The second-order valence-corrected chi connectivity index (χ2v) is 7.98. The van der Waals surface area contributed by atoms with E-state index in [2.05, 4.69) is 6.92 Å². The molecule has 156 valence electrons. The molecule has 2 aromatic rings. The van der Waals surface area contributed by atoms with Crippen molar-refractivity contribution in [3.63, 3.8) is 0 Å². The molecule has 2 aliphatic heterocycles. The van der Waals surface area contributed by atoms with Crippen LogP contribution in [0.25, 0.3) is 6.08 Å². The summed E-state index contributed by atoms with van der Waals surface area (Å²) in [5.41, 5.74) is 2.34. The number of methoxy groups -OCH3 is 1. The first-order valence-electron chi connectivity index (χ1n) is 10.3. The fraction of sp³-hybridized carbons (Fsp3) is 0.333. The van der Waals surface area contributed by atoms with Crippen LogP contribution in [-0.4, -0.2) is 36.6 Å². The van der Waals surface area contributed by atoms with Gasteiger partial charge in [-0.15, -0.1) is 0 Å². The average molecular weight is 408 g/mol. The number of benzene rings is 2. The second-order valence-electron chi connectivity index (χ2n) is 7.98. The molecule has 30 heavy (non-hydrogen) atoms. The number of quaternary nitrogens is 1. The van der Waals surface area contributed by atoms with Gasteiger partial charge in [0.05, 0.1) is 36.4 Å². The number of rotatable bonds is 4. The SMILES string of the molecule is COC(=O)c1ccc(/C=C2\Oc3c(ccc(O)c3C[NH+]3CCCC[C@H]3C)C2=O)cc1. The number of esters is 1. The standard InChI is InChI=1S/C24H25NO5/c1-15-5-3-4-12-25(15)14-19-20(26)11-10-18-22(27)21(30-23(18)19)13-16-6-8-17(9-7-16)24(28)29-2/h6-11,13,15,26H,3-5,12,14H2,1-2H3/p+1/b21-13-/t15-/m1/s1. The van der Waals surface area contributed by atoms with Gasteiger partial charge >= 0.3 is 5.97 Å². The Morgan fingerprint density at radius 2 is 2.00 bits per heavy atom. The minimum Gasteiger partial charge on any atom is -0.507 e. The van der Waals surface area contributed by atoms with Gasteiger partial charge in [0.25, 0.3) is 0 Å². The van der Waals surface area contributed by atoms with Gasteiger partial charge in [0.2, 0.25) is 5.78 Å². The second kappa shape index (κ2) is 8.32. The van der Waals surface area contributed by atoms with Crippen molar-refractivity contribution in [1.82, 2.24) is 0 Å². The number of phenols is 1. The van der Waals surface area contributed by atoms with Gasteiger partial charge in [-0.2, -0.15) is 0 Å². The number of hydrogen-bond donors (Lipinski definition) is 2. The topological polar surface area (TPSA) is 77.3 Å². The number of piperidine rings is 1. The Kier molecular flexibility index (Phi) is 5.59. The Labute approximate surface area is 175 Å². The highest BCUT2D eigenvalue weighted by atomic mass is 16.5. The summed E-state index contributed by atoms with van der Waals surface area (Å²) in [5, 5.41) is 10.5. The maximum Gasteiger partial charge on any atom is 0.337 e. The Morgan fingerprint density at radius 1 is 1.23 bits per heavy atom. The number of allylic oxidation sites excluding steroid dienone is 1. The Balaban J connectivity index is 1.61. The number of aromatic hydroxyl groups is 1.